The smallest absolute Gasteiger partial charge is 0.240 e. The van der Waals surface area contributed by atoms with Crippen LogP contribution in [0.1, 0.15) is 20.3 Å². The van der Waals surface area contributed by atoms with Crippen molar-refractivity contribution in [3.05, 3.63) is 30.5 Å². The van der Waals surface area contributed by atoms with Crippen molar-refractivity contribution in [1.82, 2.24) is 9.88 Å². The molecule has 5 heteroatoms. The van der Waals surface area contributed by atoms with E-state index in [0.717, 1.165) is 23.1 Å². The minimum Gasteiger partial charge on any atom is -0.496 e. The molecule has 120 valence electrons. The van der Waals surface area contributed by atoms with Crippen LogP contribution in [0.5, 0.6) is 5.75 Å². The molecule has 0 aliphatic heterocycles. The molecule has 2 N–H and O–H groups in total. The molecule has 1 aromatic carbocycles. The topological polar surface area (TPSA) is 63.5 Å². The van der Waals surface area contributed by atoms with Gasteiger partial charge in [-0.15, -0.1) is 0 Å². The fraction of sp³-hybridized carbons (Fsp3) is 0.471. The summed E-state index contributed by atoms with van der Waals surface area (Å²) in [7, 11) is 1.64. The number of methoxy groups -OCH3 is 1. The van der Waals surface area contributed by atoms with Gasteiger partial charge in [-0.3, -0.25) is 4.79 Å². The summed E-state index contributed by atoms with van der Waals surface area (Å²) in [6, 6.07) is 7.51. The third-order valence-electron chi connectivity index (χ3n) is 4.18. The lowest BCUT2D eigenvalue weighted by atomic mass is 10.00. The Bertz CT molecular complexity index is 636. The molecule has 0 aliphatic rings. The Kier molecular flexibility index (Phi) is 5.44. The number of carbonyl (C=O) groups is 1. The SMILES string of the molecule is CC[C@H](C)[C@@H](CO)NC(=O)Cn1ccc2c(OC)cccc21. The predicted octanol–water partition coefficient (Wildman–Crippen LogP) is 2.17. The molecule has 1 amide bonds. The number of hydrogen-bond acceptors (Lipinski definition) is 3. The third-order valence-corrected chi connectivity index (χ3v) is 4.18. The Morgan fingerprint density at radius 3 is 2.82 bits per heavy atom. The van der Waals surface area contributed by atoms with E-state index >= 15 is 0 Å². The van der Waals surface area contributed by atoms with Crippen molar-refractivity contribution < 1.29 is 14.6 Å². The highest BCUT2D eigenvalue weighted by Crippen LogP contribution is 2.26. The van der Waals surface area contributed by atoms with Crippen molar-refractivity contribution in [2.45, 2.75) is 32.9 Å². The maximum Gasteiger partial charge on any atom is 0.240 e. The number of ether oxygens (including phenoxy) is 1. The van der Waals surface area contributed by atoms with Crippen LogP contribution in [0.15, 0.2) is 30.5 Å². The van der Waals surface area contributed by atoms with E-state index < -0.39 is 0 Å². The second-order valence-electron chi connectivity index (χ2n) is 5.58. The molecule has 0 fully saturated rings. The van der Waals surface area contributed by atoms with Gasteiger partial charge in [0.15, 0.2) is 0 Å². The van der Waals surface area contributed by atoms with Crippen molar-refractivity contribution >= 4 is 16.8 Å². The minimum absolute atomic E-state index is 0.0407. The first-order chi connectivity index (χ1) is 10.6. The summed E-state index contributed by atoms with van der Waals surface area (Å²) < 4.78 is 7.21. The predicted molar refractivity (Wildman–Crippen MR) is 87.0 cm³/mol. The normalized spacial score (nSPS) is 13.8. The van der Waals surface area contributed by atoms with Gasteiger partial charge in [0.05, 0.1) is 25.3 Å². The molecule has 0 saturated heterocycles. The number of aliphatic hydroxyl groups excluding tert-OH is 1. The maximum atomic E-state index is 12.2. The van der Waals surface area contributed by atoms with E-state index in [1.165, 1.54) is 0 Å². The van der Waals surface area contributed by atoms with Crippen molar-refractivity contribution in [3.8, 4) is 5.75 Å². The number of benzene rings is 1. The number of fused-ring (bicyclic) bond motifs is 1. The summed E-state index contributed by atoms with van der Waals surface area (Å²) in [6.07, 6.45) is 2.79. The van der Waals surface area contributed by atoms with Crippen LogP contribution in [0.2, 0.25) is 0 Å². The Hall–Kier alpha value is -2.01. The fourth-order valence-corrected chi connectivity index (χ4v) is 2.57. The molecule has 0 saturated carbocycles. The zero-order valence-corrected chi connectivity index (χ0v) is 13.4. The van der Waals surface area contributed by atoms with Crippen molar-refractivity contribution in [3.63, 3.8) is 0 Å². The molecule has 1 heterocycles. The zero-order chi connectivity index (χ0) is 16.1. The minimum atomic E-state index is -0.200. The number of rotatable bonds is 7. The van der Waals surface area contributed by atoms with E-state index in [9.17, 15) is 9.90 Å². The van der Waals surface area contributed by atoms with E-state index in [-0.39, 0.29) is 31.0 Å². The van der Waals surface area contributed by atoms with Crippen LogP contribution in [-0.4, -0.2) is 35.3 Å². The maximum absolute atomic E-state index is 12.2. The summed E-state index contributed by atoms with van der Waals surface area (Å²) in [5.41, 5.74) is 0.957. The summed E-state index contributed by atoms with van der Waals surface area (Å²) in [5, 5.41) is 13.3. The summed E-state index contributed by atoms with van der Waals surface area (Å²) in [6.45, 7) is 4.26. The molecule has 0 radical (unpaired) electrons. The van der Waals surface area contributed by atoms with Crippen LogP contribution in [-0.2, 0) is 11.3 Å². The Morgan fingerprint density at radius 2 is 2.18 bits per heavy atom. The lowest BCUT2D eigenvalue weighted by Gasteiger charge is -2.22. The molecule has 5 nitrogen and oxygen atoms in total. The second kappa shape index (κ2) is 7.31. The van der Waals surface area contributed by atoms with Crippen LogP contribution in [0, 0.1) is 5.92 Å². The molecule has 2 aromatic rings. The highest BCUT2D eigenvalue weighted by Gasteiger charge is 2.18. The first kappa shape index (κ1) is 16.4. The largest absolute Gasteiger partial charge is 0.496 e. The molecule has 2 rings (SSSR count). The summed E-state index contributed by atoms with van der Waals surface area (Å²) in [5.74, 6) is 0.944. The van der Waals surface area contributed by atoms with Gasteiger partial charge in [-0.1, -0.05) is 26.3 Å². The first-order valence-electron chi connectivity index (χ1n) is 7.62. The average molecular weight is 304 g/mol. The highest BCUT2D eigenvalue weighted by atomic mass is 16.5. The number of carbonyl (C=O) groups excluding carboxylic acids is 1. The molecular formula is C17H24N2O3. The summed E-state index contributed by atoms with van der Waals surface area (Å²) in [4.78, 5) is 12.2. The molecule has 0 aliphatic carbocycles. The van der Waals surface area contributed by atoms with Gasteiger partial charge in [-0.2, -0.15) is 0 Å². The molecule has 0 spiro atoms. The summed E-state index contributed by atoms with van der Waals surface area (Å²) >= 11 is 0. The number of nitrogens with zero attached hydrogens (tertiary/aromatic N) is 1. The lowest BCUT2D eigenvalue weighted by Crippen LogP contribution is -2.43. The number of hydrogen-bond donors (Lipinski definition) is 2. The molecule has 0 bridgehead atoms. The van der Waals surface area contributed by atoms with Gasteiger partial charge in [0.25, 0.3) is 0 Å². The Morgan fingerprint density at radius 1 is 1.41 bits per heavy atom. The third kappa shape index (κ3) is 3.42. The zero-order valence-electron chi connectivity index (χ0n) is 13.4. The van der Waals surface area contributed by atoms with Gasteiger partial charge in [-0.05, 0) is 24.1 Å². The monoisotopic (exact) mass is 304 g/mol. The Labute approximate surface area is 130 Å². The van der Waals surface area contributed by atoms with Crippen molar-refractivity contribution in [1.29, 1.82) is 0 Å². The molecule has 22 heavy (non-hydrogen) atoms. The van der Waals surface area contributed by atoms with E-state index in [2.05, 4.69) is 5.32 Å². The average Bonchev–Trinajstić information content (AvgIpc) is 2.94. The van der Waals surface area contributed by atoms with Gasteiger partial charge >= 0.3 is 0 Å². The van der Waals surface area contributed by atoms with Crippen molar-refractivity contribution in [2.75, 3.05) is 13.7 Å². The van der Waals surface area contributed by atoms with Crippen molar-refractivity contribution in [2.24, 2.45) is 5.92 Å². The molecule has 2 atom stereocenters. The number of aromatic nitrogens is 1. The highest BCUT2D eigenvalue weighted by molar-refractivity contribution is 5.88. The van der Waals surface area contributed by atoms with Gasteiger partial charge in [0.1, 0.15) is 12.3 Å². The first-order valence-corrected chi connectivity index (χ1v) is 7.62. The van der Waals surface area contributed by atoms with Crippen LogP contribution in [0.4, 0.5) is 0 Å². The Balaban J connectivity index is 2.12. The number of nitrogens with one attached hydrogen (secondary N) is 1. The molecule has 1 aromatic heterocycles. The van der Waals surface area contributed by atoms with Gasteiger partial charge in [0, 0.05) is 11.6 Å². The van der Waals surface area contributed by atoms with Crippen LogP contribution in [0.3, 0.4) is 0 Å². The van der Waals surface area contributed by atoms with Crippen LogP contribution < -0.4 is 10.1 Å². The van der Waals surface area contributed by atoms with E-state index in [0.29, 0.717) is 0 Å². The van der Waals surface area contributed by atoms with Crippen LogP contribution in [0.25, 0.3) is 10.9 Å². The van der Waals surface area contributed by atoms with E-state index in [4.69, 9.17) is 4.74 Å². The van der Waals surface area contributed by atoms with Gasteiger partial charge in [-0.25, -0.2) is 0 Å². The van der Waals surface area contributed by atoms with Gasteiger partial charge < -0.3 is 19.7 Å². The van der Waals surface area contributed by atoms with Gasteiger partial charge in [0.2, 0.25) is 5.91 Å². The van der Waals surface area contributed by atoms with E-state index in [1.807, 2.05) is 48.9 Å². The molecule has 0 unspecified atom stereocenters. The van der Waals surface area contributed by atoms with Crippen LogP contribution >= 0.6 is 0 Å². The standard InChI is InChI=1S/C17H24N2O3/c1-4-12(2)14(11-20)18-17(21)10-19-9-8-13-15(19)6-5-7-16(13)22-3/h5-9,12,14,20H,4,10-11H2,1-3H3,(H,18,21)/t12-,14+/m0/s1. The number of aliphatic hydroxyl groups is 1. The molecular weight excluding hydrogens is 280 g/mol. The number of amides is 1. The second-order valence-corrected chi connectivity index (χ2v) is 5.58. The fourth-order valence-electron chi connectivity index (χ4n) is 2.57. The quantitative estimate of drug-likeness (QED) is 0.824. The lowest BCUT2D eigenvalue weighted by molar-refractivity contribution is -0.123. The van der Waals surface area contributed by atoms with E-state index in [1.54, 1.807) is 7.11 Å².